The summed E-state index contributed by atoms with van der Waals surface area (Å²) in [5, 5.41) is -0.532. The minimum Gasteiger partial charge on any atom is -0.295 e. The molecule has 1 N–H and O–H groups in total. The van der Waals surface area contributed by atoms with Gasteiger partial charge in [-0.05, 0) is 11.8 Å². The molecule has 0 aromatic carbocycles. The van der Waals surface area contributed by atoms with E-state index in [1.54, 1.807) is 0 Å². The third kappa shape index (κ3) is 4.20. The maximum Gasteiger partial charge on any atom is 0.329 e. The average molecular weight is 291 g/mol. The Morgan fingerprint density at radius 1 is 1.32 bits per heavy atom. The molecule has 0 spiro atoms. The van der Waals surface area contributed by atoms with Crippen LogP contribution < -0.4 is 11.2 Å². The van der Waals surface area contributed by atoms with Gasteiger partial charge in [0.15, 0.2) is 5.15 Å². The van der Waals surface area contributed by atoms with E-state index >= 15 is 0 Å². The minimum atomic E-state index is -1.11. The zero-order valence-corrected chi connectivity index (χ0v) is 12.3. The third-order valence-corrected chi connectivity index (χ3v) is 3.39. The van der Waals surface area contributed by atoms with Gasteiger partial charge in [-0.15, -0.1) is 0 Å². The molecule has 0 atom stereocenters. The van der Waals surface area contributed by atoms with Crippen LogP contribution in [0.15, 0.2) is 9.59 Å². The Balaban J connectivity index is 2.97. The fraction of sp³-hybridized carbons (Fsp3) is 0.692. The molecule has 0 amide bonds. The molecule has 0 aliphatic rings. The summed E-state index contributed by atoms with van der Waals surface area (Å²) in [7, 11) is 0. The number of nitrogens with zero attached hydrogens (tertiary/aromatic N) is 1. The van der Waals surface area contributed by atoms with Gasteiger partial charge in [0.05, 0.1) is 0 Å². The molecule has 0 fully saturated rings. The van der Waals surface area contributed by atoms with Crippen LogP contribution in [0.5, 0.6) is 0 Å². The van der Waals surface area contributed by atoms with Gasteiger partial charge in [0.2, 0.25) is 5.82 Å². The molecule has 1 rings (SSSR count). The number of nitrogens with one attached hydrogen (secondary N) is 1. The Labute approximate surface area is 116 Å². The van der Waals surface area contributed by atoms with Crippen LogP contribution in [-0.2, 0) is 6.54 Å². The van der Waals surface area contributed by atoms with Crippen LogP contribution in [0.2, 0.25) is 5.15 Å². The van der Waals surface area contributed by atoms with Gasteiger partial charge in [-0.3, -0.25) is 14.3 Å². The van der Waals surface area contributed by atoms with E-state index in [0.29, 0.717) is 0 Å². The molecular weight excluding hydrogens is 271 g/mol. The smallest absolute Gasteiger partial charge is 0.295 e. The summed E-state index contributed by atoms with van der Waals surface area (Å²) in [4.78, 5) is 25.5. The highest BCUT2D eigenvalue weighted by molar-refractivity contribution is 6.29. The molecule has 0 bridgehead atoms. The van der Waals surface area contributed by atoms with Crippen molar-refractivity contribution < 1.29 is 4.39 Å². The first kappa shape index (κ1) is 16.0. The number of halogens is 2. The van der Waals surface area contributed by atoms with Gasteiger partial charge < -0.3 is 0 Å². The van der Waals surface area contributed by atoms with E-state index in [0.717, 1.165) is 30.3 Å². The number of hydrogen-bond acceptors (Lipinski definition) is 2. The van der Waals surface area contributed by atoms with Crippen molar-refractivity contribution in [3.8, 4) is 0 Å². The van der Waals surface area contributed by atoms with E-state index in [-0.39, 0.29) is 12.0 Å². The van der Waals surface area contributed by atoms with Gasteiger partial charge in [0, 0.05) is 6.54 Å². The lowest BCUT2D eigenvalue weighted by Crippen LogP contribution is -2.41. The second-order valence-electron chi connectivity index (χ2n) is 5.57. The highest BCUT2D eigenvalue weighted by Crippen LogP contribution is 2.25. The topological polar surface area (TPSA) is 54.9 Å². The van der Waals surface area contributed by atoms with Crippen LogP contribution in [-0.4, -0.2) is 9.55 Å². The monoisotopic (exact) mass is 290 g/mol. The Morgan fingerprint density at radius 2 is 1.95 bits per heavy atom. The second kappa shape index (κ2) is 6.37. The molecule has 1 aromatic heterocycles. The average Bonchev–Trinajstić information content (AvgIpc) is 2.32. The summed E-state index contributed by atoms with van der Waals surface area (Å²) < 4.78 is 14.3. The minimum absolute atomic E-state index is 0.180. The molecule has 0 saturated carbocycles. The number of unbranched alkanes of at least 4 members (excludes halogenated alkanes) is 2. The fourth-order valence-electron chi connectivity index (χ4n) is 2.03. The number of rotatable bonds is 6. The number of hydrogen-bond donors (Lipinski definition) is 1. The lowest BCUT2D eigenvalue weighted by Gasteiger charge is -2.25. The van der Waals surface area contributed by atoms with Crippen LogP contribution in [0.4, 0.5) is 4.39 Å². The van der Waals surface area contributed by atoms with Gasteiger partial charge >= 0.3 is 5.69 Å². The lowest BCUT2D eigenvalue weighted by molar-refractivity contribution is 0.260. The zero-order chi connectivity index (χ0) is 14.6. The summed E-state index contributed by atoms with van der Waals surface area (Å²) in [5.41, 5.74) is -1.87. The molecule has 4 nitrogen and oxygen atoms in total. The fourth-order valence-corrected chi connectivity index (χ4v) is 2.19. The van der Waals surface area contributed by atoms with E-state index < -0.39 is 22.2 Å². The molecule has 1 heterocycles. The van der Waals surface area contributed by atoms with Crippen molar-refractivity contribution in [2.45, 2.75) is 53.0 Å². The van der Waals surface area contributed by atoms with Crippen LogP contribution in [0.25, 0.3) is 0 Å². The molecule has 0 aliphatic carbocycles. The van der Waals surface area contributed by atoms with E-state index in [2.05, 4.69) is 11.9 Å². The SMILES string of the molecule is CCCCCC(C)(C)Cn1c(=O)[nH]c(Cl)c(F)c1=O. The summed E-state index contributed by atoms with van der Waals surface area (Å²) in [5.74, 6) is -1.11. The van der Waals surface area contributed by atoms with Crippen LogP contribution in [0.3, 0.4) is 0 Å². The van der Waals surface area contributed by atoms with E-state index in [4.69, 9.17) is 11.6 Å². The highest BCUT2D eigenvalue weighted by atomic mass is 35.5. The highest BCUT2D eigenvalue weighted by Gasteiger charge is 2.22. The zero-order valence-electron chi connectivity index (χ0n) is 11.6. The van der Waals surface area contributed by atoms with Gasteiger partial charge in [-0.2, -0.15) is 4.39 Å². The van der Waals surface area contributed by atoms with Gasteiger partial charge in [-0.1, -0.05) is 51.6 Å². The van der Waals surface area contributed by atoms with Crippen molar-refractivity contribution >= 4 is 11.6 Å². The van der Waals surface area contributed by atoms with E-state index in [9.17, 15) is 14.0 Å². The quantitative estimate of drug-likeness (QED) is 0.647. The molecule has 0 unspecified atom stereocenters. The predicted octanol–water partition coefficient (Wildman–Crippen LogP) is 2.94. The second-order valence-corrected chi connectivity index (χ2v) is 5.95. The largest absolute Gasteiger partial charge is 0.329 e. The number of aromatic amines is 1. The van der Waals surface area contributed by atoms with Crippen LogP contribution >= 0.6 is 11.6 Å². The first-order valence-corrected chi connectivity index (χ1v) is 6.84. The summed E-state index contributed by atoms with van der Waals surface area (Å²) >= 11 is 5.42. The van der Waals surface area contributed by atoms with Crippen molar-refractivity contribution in [1.82, 2.24) is 9.55 Å². The van der Waals surface area contributed by atoms with E-state index in [1.165, 1.54) is 0 Å². The Hall–Kier alpha value is -1.10. The van der Waals surface area contributed by atoms with Gasteiger partial charge in [0.1, 0.15) is 0 Å². The van der Waals surface area contributed by atoms with E-state index in [1.807, 2.05) is 13.8 Å². The third-order valence-electron chi connectivity index (χ3n) is 3.13. The lowest BCUT2D eigenvalue weighted by atomic mass is 9.87. The van der Waals surface area contributed by atoms with Crippen molar-refractivity contribution in [3.05, 3.63) is 31.8 Å². The Kier molecular flexibility index (Phi) is 5.35. The van der Waals surface area contributed by atoms with Crippen molar-refractivity contribution in [3.63, 3.8) is 0 Å². The van der Waals surface area contributed by atoms with Gasteiger partial charge in [-0.25, -0.2) is 4.79 Å². The Bertz CT molecular complexity index is 549. The van der Waals surface area contributed by atoms with Crippen molar-refractivity contribution in [1.29, 1.82) is 0 Å². The number of aromatic nitrogens is 2. The maximum absolute atomic E-state index is 13.4. The standard InChI is InChI=1S/C13H20ClFN2O2/c1-4-5-6-7-13(2,3)8-17-11(18)9(15)10(14)16-12(17)19/h4-8H2,1-3H3,(H,16,19). The molecule has 0 aliphatic heterocycles. The molecule has 0 saturated heterocycles. The van der Waals surface area contributed by atoms with Crippen LogP contribution in [0, 0.1) is 11.2 Å². The normalized spacial score (nSPS) is 11.8. The summed E-state index contributed by atoms with van der Waals surface area (Å²) in [6, 6.07) is 0. The van der Waals surface area contributed by atoms with Crippen LogP contribution in [0.1, 0.15) is 46.5 Å². The first-order chi connectivity index (χ1) is 8.78. The molecule has 19 heavy (non-hydrogen) atoms. The number of H-pyrrole nitrogens is 1. The Morgan fingerprint density at radius 3 is 2.53 bits per heavy atom. The molecule has 0 radical (unpaired) electrons. The molecule has 108 valence electrons. The summed E-state index contributed by atoms with van der Waals surface area (Å²) in [6.45, 7) is 6.21. The summed E-state index contributed by atoms with van der Waals surface area (Å²) in [6.07, 6.45) is 4.10. The van der Waals surface area contributed by atoms with Crippen molar-refractivity contribution in [2.24, 2.45) is 5.41 Å². The molecular formula is C13H20ClFN2O2. The maximum atomic E-state index is 13.4. The predicted molar refractivity (Wildman–Crippen MR) is 74.2 cm³/mol. The molecule has 6 heteroatoms. The van der Waals surface area contributed by atoms with Crippen molar-refractivity contribution in [2.75, 3.05) is 0 Å². The van der Waals surface area contributed by atoms with Gasteiger partial charge in [0.25, 0.3) is 5.56 Å². The molecule has 1 aromatic rings. The first-order valence-electron chi connectivity index (χ1n) is 6.46.